The molecule has 0 atom stereocenters. The summed E-state index contributed by atoms with van der Waals surface area (Å²) in [6.45, 7) is 0. The van der Waals surface area contributed by atoms with E-state index in [1.807, 2.05) is 47.0 Å². The van der Waals surface area contributed by atoms with Gasteiger partial charge in [0, 0.05) is 22.8 Å². The van der Waals surface area contributed by atoms with E-state index in [0.717, 1.165) is 17.1 Å². The summed E-state index contributed by atoms with van der Waals surface area (Å²) in [4.78, 5) is 23.8. The molecule has 0 aliphatic heterocycles. The average molecular weight is 513 g/mol. The number of benzene rings is 3. The molecule has 0 aliphatic carbocycles. The molecule has 0 saturated heterocycles. The highest BCUT2D eigenvalue weighted by atomic mass is 35.5. The Morgan fingerprint density at radius 3 is 2.41 bits per heavy atom. The van der Waals surface area contributed by atoms with Crippen LogP contribution in [0.5, 0.6) is 0 Å². The maximum atomic E-state index is 12.6. The molecule has 0 aliphatic rings. The molecule has 1 amide bonds. The SMILES string of the molecule is O=C(CSc1nnc(Cc2ccccc2)n1-c1ccc(Cl)cc1)Nc1ccc(Cl)c(C(=O)O)c1. The number of rotatable bonds is 8. The number of nitrogens with one attached hydrogen (secondary N) is 1. The van der Waals surface area contributed by atoms with Crippen LogP contribution in [0.4, 0.5) is 5.69 Å². The molecule has 7 nitrogen and oxygen atoms in total. The van der Waals surface area contributed by atoms with E-state index in [1.165, 1.54) is 23.9 Å². The maximum absolute atomic E-state index is 12.6. The standard InChI is InChI=1S/C24H18Cl2N4O3S/c25-16-6-9-18(10-7-16)30-21(12-15-4-2-1-3-5-15)28-29-24(30)34-14-22(31)27-17-8-11-20(26)19(13-17)23(32)33/h1-11,13H,12,14H2,(H,27,31)(H,32,33). The first-order chi connectivity index (χ1) is 16.4. The van der Waals surface area contributed by atoms with E-state index in [-0.39, 0.29) is 22.2 Å². The second-order valence-corrected chi connectivity index (χ2v) is 9.00. The number of anilines is 1. The number of halogens is 2. The zero-order valence-corrected chi connectivity index (χ0v) is 19.9. The average Bonchev–Trinajstić information content (AvgIpc) is 3.22. The van der Waals surface area contributed by atoms with Gasteiger partial charge in [-0.15, -0.1) is 10.2 Å². The molecular weight excluding hydrogens is 495 g/mol. The minimum atomic E-state index is -1.17. The van der Waals surface area contributed by atoms with Crippen molar-refractivity contribution < 1.29 is 14.7 Å². The van der Waals surface area contributed by atoms with Gasteiger partial charge in [0.1, 0.15) is 5.82 Å². The molecule has 3 aromatic carbocycles. The van der Waals surface area contributed by atoms with Crippen LogP contribution >= 0.6 is 35.0 Å². The number of aromatic nitrogens is 3. The summed E-state index contributed by atoms with van der Waals surface area (Å²) in [6.07, 6.45) is 0.561. The van der Waals surface area contributed by atoms with E-state index in [2.05, 4.69) is 15.5 Å². The molecule has 0 saturated carbocycles. The van der Waals surface area contributed by atoms with Gasteiger partial charge in [0.2, 0.25) is 5.91 Å². The van der Waals surface area contributed by atoms with E-state index < -0.39 is 5.97 Å². The fraction of sp³-hybridized carbons (Fsp3) is 0.0833. The zero-order valence-electron chi connectivity index (χ0n) is 17.6. The zero-order chi connectivity index (χ0) is 24.1. The fourth-order valence-corrected chi connectivity index (χ4v) is 4.33. The number of hydrogen-bond donors (Lipinski definition) is 2. The number of aromatic carboxylic acids is 1. The molecule has 0 bridgehead atoms. The molecular formula is C24H18Cl2N4O3S. The Kier molecular flexibility index (Phi) is 7.52. The Hall–Kier alpha value is -3.33. The predicted octanol–water partition coefficient (Wildman–Crippen LogP) is 5.59. The molecule has 0 radical (unpaired) electrons. The number of carbonyl (C=O) groups excluding carboxylic acids is 1. The van der Waals surface area contributed by atoms with Crippen LogP contribution < -0.4 is 5.32 Å². The number of hydrogen-bond acceptors (Lipinski definition) is 5. The highest BCUT2D eigenvalue weighted by Crippen LogP contribution is 2.25. The van der Waals surface area contributed by atoms with Crippen molar-refractivity contribution in [2.24, 2.45) is 0 Å². The smallest absolute Gasteiger partial charge is 0.337 e. The van der Waals surface area contributed by atoms with Gasteiger partial charge in [0.05, 0.1) is 16.3 Å². The van der Waals surface area contributed by atoms with Crippen LogP contribution in [0.2, 0.25) is 10.0 Å². The van der Waals surface area contributed by atoms with Crippen LogP contribution in [0.1, 0.15) is 21.7 Å². The molecule has 1 heterocycles. The van der Waals surface area contributed by atoms with E-state index in [0.29, 0.717) is 22.3 Å². The molecule has 0 spiro atoms. The minimum Gasteiger partial charge on any atom is -0.478 e. The summed E-state index contributed by atoms with van der Waals surface area (Å²) < 4.78 is 1.89. The van der Waals surface area contributed by atoms with Crippen LogP contribution in [0.3, 0.4) is 0 Å². The number of amides is 1. The first-order valence-electron chi connectivity index (χ1n) is 10.1. The highest BCUT2D eigenvalue weighted by molar-refractivity contribution is 7.99. The quantitative estimate of drug-likeness (QED) is 0.298. The van der Waals surface area contributed by atoms with Gasteiger partial charge in [-0.3, -0.25) is 9.36 Å². The minimum absolute atomic E-state index is 0.0437. The number of thioether (sulfide) groups is 1. The Bertz CT molecular complexity index is 1330. The van der Waals surface area contributed by atoms with E-state index in [4.69, 9.17) is 23.2 Å². The first kappa shape index (κ1) is 23.8. The van der Waals surface area contributed by atoms with Crippen molar-refractivity contribution in [3.63, 3.8) is 0 Å². The summed E-state index contributed by atoms with van der Waals surface area (Å²) in [6, 6.07) is 21.5. The van der Waals surface area contributed by atoms with Crippen molar-refractivity contribution in [1.82, 2.24) is 14.8 Å². The van der Waals surface area contributed by atoms with Crippen molar-refractivity contribution in [3.8, 4) is 5.69 Å². The van der Waals surface area contributed by atoms with Gasteiger partial charge in [-0.25, -0.2) is 4.79 Å². The number of carbonyl (C=O) groups is 2. The van der Waals surface area contributed by atoms with Gasteiger partial charge in [0.25, 0.3) is 0 Å². The fourth-order valence-electron chi connectivity index (χ4n) is 3.23. The summed E-state index contributed by atoms with van der Waals surface area (Å²) in [5.74, 6) is -0.723. The molecule has 10 heteroatoms. The lowest BCUT2D eigenvalue weighted by atomic mass is 10.1. The molecule has 1 aromatic heterocycles. The van der Waals surface area contributed by atoms with Crippen molar-refractivity contribution in [2.45, 2.75) is 11.6 Å². The van der Waals surface area contributed by atoms with E-state index in [1.54, 1.807) is 18.2 Å². The third-order valence-corrected chi connectivity index (χ3v) is 6.31. The lowest BCUT2D eigenvalue weighted by Gasteiger charge is -2.11. The van der Waals surface area contributed by atoms with Gasteiger partial charge < -0.3 is 10.4 Å². The molecule has 4 rings (SSSR count). The third kappa shape index (κ3) is 5.77. The molecule has 4 aromatic rings. The lowest BCUT2D eigenvalue weighted by molar-refractivity contribution is -0.113. The number of carboxylic acids is 1. The van der Waals surface area contributed by atoms with Gasteiger partial charge in [-0.1, -0.05) is 65.3 Å². The number of carboxylic acid groups (broad SMARTS) is 1. The largest absolute Gasteiger partial charge is 0.478 e. The maximum Gasteiger partial charge on any atom is 0.337 e. The van der Waals surface area contributed by atoms with Crippen LogP contribution in [0, 0.1) is 0 Å². The molecule has 34 heavy (non-hydrogen) atoms. The lowest BCUT2D eigenvalue weighted by Crippen LogP contribution is -2.15. The Balaban J connectivity index is 1.53. The van der Waals surface area contributed by atoms with E-state index >= 15 is 0 Å². The molecule has 0 fully saturated rings. The monoisotopic (exact) mass is 512 g/mol. The van der Waals surface area contributed by atoms with Gasteiger partial charge in [-0.2, -0.15) is 0 Å². The topological polar surface area (TPSA) is 97.1 Å². The first-order valence-corrected chi connectivity index (χ1v) is 11.8. The highest BCUT2D eigenvalue weighted by Gasteiger charge is 2.17. The van der Waals surface area contributed by atoms with Crippen molar-refractivity contribution in [2.75, 3.05) is 11.1 Å². The van der Waals surface area contributed by atoms with Crippen LogP contribution in [0.25, 0.3) is 5.69 Å². The predicted molar refractivity (Wildman–Crippen MR) is 133 cm³/mol. The van der Waals surface area contributed by atoms with Gasteiger partial charge >= 0.3 is 5.97 Å². The third-order valence-electron chi connectivity index (χ3n) is 4.80. The Morgan fingerprint density at radius 1 is 0.971 bits per heavy atom. The van der Waals surface area contributed by atoms with Crippen molar-refractivity contribution in [1.29, 1.82) is 0 Å². The summed E-state index contributed by atoms with van der Waals surface area (Å²) in [5.41, 5.74) is 2.17. The van der Waals surface area contributed by atoms with Crippen LogP contribution in [0.15, 0.2) is 78.0 Å². The summed E-state index contributed by atoms with van der Waals surface area (Å²) >= 11 is 13.2. The van der Waals surface area contributed by atoms with Gasteiger partial charge in [0.15, 0.2) is 5.16 Å². The Labute approximate surface area is 209 Å². The number of nitrogens with zero attached hydrogens (tertiary/aromatic N) is 3. The Morgan fingerprint density at radius 2 is 1.71 bits per heavy atom. The van der Waals surface area contributed by atoms with E-state index in [9.17, 15) is 14.7 Å². The van der Waals surface area contributed by atoms with Crippen LogP contribution in [-0.2, 0) is 11.2 Å². The summed E-state index contributed by atoms with van der Waals surface area (Å²) in [5, 5.41) is 21.8. The molecule has 0 unspecified atom stereocenters. The van der Waals surface area contributed by atoms with Crippen LogP contribution in [-0.4, -0.2) is 37.5 Å². The molecule has 172 valence electrons. The van der Waals surface area contributed by atoms with Gasteiger partial charge in [-0.05, 0) is 48.0 Å². The van der Waals surface area contributed by atoms with Crippen molar-refractivity contribution >= 4 is 52.5 Å². The summed E-state index contributed by atoms with van der Waals surface area (Å²) in [7, 11) is 0. The van der Waals surface area contributed by atoms with Crippen molar-refractivity contribution in [3.05, 3.63) is 99.8 Å². The second kappa shape index (κ2) is 10.7. The second-order valence-electron chi connectivity index (χ2n) is 7.21. The molecule has 2 N–H and O–H groups in total. The normalized spacial score (nSPS) is 10.8.